The maximum atomic E-state index is 12.8. The van der Waals surface area contributed by atoms with Crippen molar-refractivity contribution in [1.82, 2.24) is 4.98 Å². The molecule has 1 heterocycles. The molecule has 0 fully saturated rings. The molecule has 0 aliphatic carbocycles. The van der Waals surface area contributed by atoms with Gasteiger partial charge in [0.25, 0.3) is 0 Å². The first-order valence-electron chi connectivity index (χ1n) is 4.46. The van der Waals surface area contributed by atoms with Crippen LogP contribution in [0.4, 0.5) is 10.1 Å². The van der Waals surface area contributed by atoms with E-state index in [4.69, 9.17) is 0 Å². The van der Waals surface area contributed by atoms with E-state index in [2.05, 4.69) is 10.3 Å². The summed E-state index contributed by atoms with van der Waals surface area (Å²) in [5.74, 6) is -0.221. The molecule has 0 atom stereocenters. The minimum Gasteiger partial charge on any atom is -0.379 e. The van der Waals surface area contributed by atoms with Crippen LogP contribution >= 0.6 is 0 Å². The van der Waals surface area contributed by atoms with Crippen LogP contribution in [0.15, 0.2) is 42.6 Å². The summed E-state index contributed by atoms with van der Waals surface area (Å²) in [6, 6.07) is 10.3. The van der Waals surface area contributed by atoms with Crippen LogP contribution in [-0.2, 0) is 6.54 Å². The average Bonchev–Trinajstić information content (AvgIpc) is 2.67. The lowest BCUT2D eigenvalue weighted by Gasteiger charge is -2.04. The molecule has 1 aromatic heterocycles. The van der Waals surface area contributed by atoms with Crippen LogP contribution in [0.3, 0.4) is 0 Å². The summed E-state index contributed by atoms with van der Waals surface area (Å²) >= 11 is 0. The molecule has 14 heavy (non-hydrogen) atoms. The Morgan fingerprint density at radius 3 is 2.86 bits per heavy atom. The average molecular weight is 190 g/mol. The summed E-state index contributed by atoms with van der Waals surface area (Å²) in [7, 11) is 0. The van der Waals surface area contributed by atoms with Crippen molar-refractivity contribution in [2.45, 2.75) is 6.54 Å². The lowest BCUT2D eigenvalue weighted by molar-refractivity contribution is 0.628. The number of hydrogen-bond acceptors (Lipinski definition) is 1. The zero-order valence-electron chi connectivity index (χ0n) is 7.63. The van der Waals surface area contributed by atoms with Crippen molar-refractivity contribution in [2.75, 3.05) is 5.32 Å². The van der Waals surface area contributed by atoms with Gasteiger partial charge in [0.1, 0.15) is 5.82 Å². The van der Waals surface area contributed by atoms with Crippen molar-refractivity contribution < 1.29 is 4.39 Å². The van der Waals surface area contributed by atoms with Crippen LogP contribution in [0.5, 0.6) is 0 Å². The first kappa shape index (κ1) is 8.81. The fourth-order valence-electron chi connectivity index (χ4n) is 1.27. The van der Waals surface area contributed by atoms with Gasteiger partial charge in [0.15, 0.2) is 0 Å². The van der Waals surface area contributed by atoms with Crippen LogP contribution in [0, 0.1) is 5.82 Å². The zero-order valence-corrected chi connectivity index (χ0v) is 7.63. The molecular weight excluding hydrogens is 179 g/mol. The van der Waals surface area contributed by atoms with Crippen LogP contribution in [0.1, 0.15) is 5.69 Å². The maximum Gasteiger partial charge on any atom is 0.125 e. The monoisotopic (exact) mass is 190 g/mol. The number of H-pyrrole nitrogens is 1. The Labute approximate surface area is 81.8 Å². The van der Waals surface area contributed by atoms with Crippen LogP contribution in [0.2, 0.25) is 0 Å². The first-order valence-corrected chi connectivity index (χ1v) is 4.46. The van der Waals surface area contributed by atoms with Gasteiger partial charge in [-0.3, -0.25) is 0 Å². The molecule has 2 nitrogen and oxygen atoms in total. The lowest BCUT2D eigenvalue weighted by Crippen LogP contribution is -1.99. The fraction of sp³-hybridized carbons (Fsp3) is 0.0909. The predicted octanol–water partition coefficient (Wildman–Crippen LogP) is 2.77. The number of aromatic amines is 1. The van der Waals surface area contributed by atoms with Gasteiger partial charge in [-0.2, -0.15) is 0 Å². The second kappa shape index (κ2) is 3.96. The van der Waals surface area contributed by atoms with Crippen molar-refractivity contribution >= 4 is 5.69 Å². The zero-order chi connectivity index (χ0) is 9.80. The second-order valence-electron chi connectivity index (χ2n) is 3.06. The standard InChI is InChI=1S/C11H11FN2/c12-9-3-1-4-10(7-9)14-8-11-5-2-6-13-11/h1-7,13-14H,8H2. The Kier molecular flexibility index (Phi) is 2.49. The Morgan fingerprint density at radius 2 is 2.14 bits per heavy atom. The highest BCUT2D eigenvalue weighted by Crippen LogP contribution is 2.10. The second-order valence-corrected chi connectivity index (χ2v) is 3.06. The number of aromatic nitrogens is 1. The van der Waals surface area contributed by atoms with Gasteiger partial charge in [-0.25, -0.2) is 4.39 Å². The van der Waals surface area contributed by atoms with E-state index in [0.717, 1.165) is 11.4 Å². The molecule has 2 N–H and O–H groups in total. The molecule has 0 unspecified atom stereocenters. The quantitative estimate of drug-likeness (QED) is 0.765. The summed E-state index contributed by atoms with van der Waals surface area (Å²) in [4.78, 5) is 3.07. The molecular formula is C11H11FN2. The predicted molar refractivity (Wildman–Crippen MR) is 54.5 cm³/mol. The number of benzene rings is 1. The van der Waals surface area contributed by atoms with E-state index in [-0.39, 0.29) is 5.82 Å². The SMILES string of the molecule is Fc1cccc(NCc2ccc[nH]2)c1. The Morgan fingerprint density at radius 1 is 1.21 bits per heavy atom. The molecule has 1 aromatic carbocycles. The topological polar surface area (TPSA) is 27.8 Å². The number of halogens is 1. The van der Waals surface area contributed by atoms with Gasteiger partial charge < -0.3 is 10.3 Å². The van der Waals surface area contributed by atoms with Gasteiger partial charge in [0.05, 0.1) is 6.54 Å². The van der Waals surface area contributed by atoms with Crippen LogP contribution < -0.4 is 5.32 Å². The first-order chi connectivity index (χ1) is 6.84. The largest absolute Gasteiger partial charge is 0.379 e. The van der Waals surface area contributed by atoms with Crippen LogP contribution in [-0.4, -0.2) is 4.98 Å². The van der Waals surface area contributed by atoms with Crippen molar-refractivity contribution in [3.05, 3.63) is 54.1 Å². The van der Waals surface area contributed by atoms with E-state index in [1.165, 1.54) is 12.1 Å². The number of anilines is 1. The van der Waals surface area contributed by atoms with Gasteiger partial charge in [0, 0.05) is 17.6 Å². The molecule has 0 spiro atoms. The Hall–Kier alpha value is -1.77. The lowest BCUT2D eigenvalue weighted by atomic mass is 10.3. The van der Waals surface area contributed by atoms with E-state index >= 15 is 0 Å². The van der Waals surface area contributed by atoms with Gasteiger partial charge in [-0.05, 0) is 30.3 Å². The fourth-order valence-corrected chi connectivity index (χ4v) is 1.27. The van der Waals surface area contributed by atoms with Crippen LogP contribution in [0.25, 0.3) is 0 Å². The molecule has 72 valence electrons. The van der Waals surface area contributed by atoms with Gasteiger partial charge in [-0.1, -0.05) is 6.07 Å². The van der Waals surface area contributed by atoms with E-state index < -0.39 is 0 Å². The minimum atomic E-state index is -0.221. The summed E-state index contributed by atoms with van der Waals surface area (Å²) in [5.41, 5.74) is 1.87. The highest BCUT2D eigenvalue weighted by molar-refractivity contribution is 5.43. The summed E-state index contributed by atoms with van der Waals surface area (Å²) < 4.78 is 12.8. The summed E-state index contributed by atoms with van der Waals surface area (Å²) in [6.07, 6.45) is 1.86. The van der Waals surface area contributed by atoms with E-state index in [1.54, 1.807) is 6.07 Å². The van der Waals surface area contributed by atoms with E-state index in [0.29, 0.717) is 6.54 Å². The number of nitrogens with one attached hydrogen (secondary N) is 2. The van der Waals surface area contributed by atoms with Crippen molar-refractivity contribution in [1.29, 1.82) is 0 Å². The van der Waals surface area contributed by atoms with Crippen molar-refractivity contribution in [3.63, 3.8) is 0 Å². The molecule has 0 saturated carbocycles. The Balaban J connectivity index is 1.98. The molecule has 3 heteroatoms. The molecule has 0 amide bonds. The molecule has 0 radical (unpaired) electrons. The smallest absolute Gasteiger partial charge is 0.125 e. The molecule has 2 aromatic rings. The molecule has 2 rings (SSSR count). The van der Waals surface area contributed by atoms with Crippen molar-refractivity contribution in [3.8, 4) is 0 Å². The minimum absolute atomic E-state index is 0.221. The van der Waals surface area contributed by atoms with Crippen molar-refractivity contribution in [2.24, 2.45) is 0 Å². The third-order valence-electron chi connectivity index (χ3n) is 1.97. The normalized spacial score (nSPS) is 10.1. The highest BCUT2D eigenvalue weighted by Gasteiger charge is 1.95. The maximum absolute atomic E-state index is 12.8. The number of rotatable bonds is 3. The van der Waals surface area contributed by atoms with E-state index in [9.17, 15) is 4.39 Å². The number of hydrogen-bond donors (Lipinski definition) is 2. The molecule has 0 bridgehead atoms. The molecule has 0 saturated heterocycles. The third-order valence-corrected chi connectivity index (χ3v) is 1.97. The van der Waals surface area contributed by atoms with Gasteiger partial charge in [0.2, 0.25) is 0 Å². The van der Waals surface area contributed by atoms with Gasteiger partial charge in [-0.15, -0.1) is 0 Å². The molecule has 0 aliphatic rings. The van der Waals surface area contributed by atoms with E-state index in [1.807, 2.05) is 24.4 Å². The Bertz CT molecular complexity index is 395. The third kappa shape index (κ3) is 2.13. The highest BCUT2D eigenvalue weighted by atomic mass is 19.1. The summed E-state index contributed by atoms with van der Waals surface area (Å²) in [5, 5.41) is 3.12. The summed E-state index contributed by atoms with van der Waals surface area (Å²) in [6.45, 7) is 0.677. The van der Waals surface area contributed by atoms with Gasteiger partial charge >= 0.3 is 0 Å². The molecule has 0 aliphatic heterocycles.